The summed E-state index contributed by atoms with van der Waals surface area (Å²) in [4.78, 5) is 25.3. The van der Waals surface area contributed by atoms with Crippen LogP contribution in [-0.4, -0.2) is 59.5 Å². The summed E-state index contributed by atoms with van der Waals surface area (Å²) in [7, 11) is 1.78. The minimum Gasteiger partial charge on any atom is -0.480 e. The van der Waals surface area contributed by atoms with Crippen molar-refractivity contribution in [3.05, 3.63) is 0 Å². The molecular weight excluding hydrogens is 196 g/mol. The van der Waals surface area contributed by atoms with Gasteiger partial charge in [-0.25, -0.2) is 0 Å². The zero-order valence-corrected chi connectivity index (χ0v) is 9.27. The summed E-state index contributed by atoms with van der Waals surface area (Å²) in [6.45, 7) is 3.09. The van der Waals surface area contributed by atoms with E-state index in [0.717, 1.165) is 19.4 Å². The molecule has 0 spiro atoms. The van der Waals surface area contributed by atoms with E-state index in [-0.39, 0.29) is 18.5 Å². The highest BCUT2D eigenvalue weighted by molar-refractivity contribution is 5.73. The largest absolute Gasteiger partial charge is 0.480 e. The Morgan fingerprint density at radius 3 is 2.73 bits per heavy atom. The van der Waals surface area contributed by atoms with Gasteiger partial charge in [0.1, 0.15) is 0 Å². The quantitative estimate of drug-likeness (QED) is 0.719. The van der Waals surface area contributed by atoms with E-state index in [4.69, 9.17) is 5.11 Å². The fourth-order valence-corrected chi connectivity index (χ4v) is 1.94. The lowest BCUT2D eigenvalue weighted by Crippen LogP contribution is -2.49. The summed E-state index contributed by atoms with van der Waals surface area (Å²) in [6.07, 6.45) is 1.92. The first-order valence-electron chi connectivity index (χ1n) is 5.18. The van der Waals surface area contributed by atoms with Crippen molar-refractivity contribution in [3.8, 4) is 0 Å². The first-order valence-corrected chi connectivity index (χ1v) is 5.18. The van der Waals surface area contributed by atoms with Crippen molar-refractivity contribution < 1.29 is 14.7 Å². The molecule has 1 fully saturated rings. The third-order valence-electron chi connectivity index (χ3n) is 2.88. The molecule has 0 bridgehead atoms. The summed E-state index contributed by atoms with van der Waals surface area (Å²) in [6, 6.07) is 0.163. The highest BCUT2D eigenvalue weighted by Crippen LogP contribution is 2.14. The molecule has 0 aromatic carbocycles. The Bertz CT molecular complexity index is 255. The van der Waals surface area contributed by atoms with Gasteiger partial charge in [0.2, 0.25) is 5.91 Å². The summed E-state index contributed by atoms with van der Waals surface area (Å²) < 4.78 is 0. The summed E-state index contributed by atoms with van der Waals surface area (Å²) >= 11 is 0. The molecule has 0 unspecified atom stereocenters. The van der Waals surface area contributed by atoms with Crippen molar-refractivity contribution in [2.24, 2.45) is 0 Å². The summed E-state index contributed by atoms with van der Waals surface area (Å²) in [5, 5.41) is 8.68. The highest BCUT2D eigenvalue weighted by atomic mass is 16.4. The summed E-state index contributed by atoms with van der Waals surface area (Å²) in [5.41, 5.74) is 0. The van der Waals surface area contributed by atoms with Crippen molar-refractivity contribution >= 4 is 11.9 Å². The van der Waals surface area contributed by atoms with Gasteiger partial charge in [-0.05, 0) is 19.4 Å². The Labute approximate surface area is 89.7 Å². The molecule has 5 nitrogen and oxygen atoms in total. The lowest BCUT2D eigenvalue weighted by atomic mass is 10.0. The predicted octanol–water partition coefficient (Wildman–Crippen LogP) is 0.0137. The number of likely N-dealkylation sites (N-methyl/N-ethyl adjacent to an activating group) is 1. The number of hydrogen-bond donors (Lipinski definition) is 1. The normalized spacial score (nSPS) is 22.4. The van der Waals surface area contributed by atoms with Gasteiger partial charge < -0.3 is 10.0 Å². The second kappa shape index (κ2) is 5.11. The first-order chi connectivity index (χ1) is 7.00. The number of likely N-dealkylation sites (tertiary alicyclic amines) is 1. The van der Waals surface area contributed by atoms with Crippen LogP contribution in [0.25, 0.3) is 0 Å². The minimum atomic E-state index is -0.805. The number of hydrogen-bond acceptors (Lipinski definition) is 3. The lowest BCUT2D eigenvalue weighted by Gasteiger charge is -2.36. The average molecular weight is 214 g/mol. The molecule has 0 aromatic heterocycles. The van der Waals surface area contributed by atoms with E-state index >= 15 is 0 Å². The molecule has 1 N–H and O–H groups in total. The van der Waals surface area contributed by atoms with Gasteiger partial charge in [0.25, 0.3) is 0 Å². The smallest absolute Gasteiger partial charge is 0.317 e. The fourth-order valence-electron chi connectivity index (χ4n) is 1.94. The molecule has 0 radical (unpaired) electrons. The second-order valence-electron chi connectivity index (χ2n) is 4.05. The van der Waals surface area contributed by atoms with Gasteiger partial charge in [-0.3, -0.25) is 14.5 Å². The van der Waals surface area contributed by atoms with Crippen molar-refractivity contribution in [2.45, 2.75) is 25.8 Å². The van der Waals surface area contributed by atoms with Gasteiger partial charge in [-0.15, -0.1) is 0 Å². The molecule has 15 heavy (non-hydrogen) atoms. The van der Waals surface area contributed by atoms with Gasteiger partial charge in [0.15, 0.2) is 0 Å². The topological polar surface area (TPSA) is 60.9 Å². The van der Waals surface area contributed by atoms with Crippen LogP contribution in [0.4, 0.5) is 0 Å². The van der Waals surface area contributed by atoms with E-state index in [1.54, 1.807) is 11.9 Å². The van der Waals surface area contributed by atoms with Gasteiger partial charge >= 0.3 is 5.97 Å². The number of piperidine rings is 1. The molecule has 0 aliphatic carbocycles. The van der Waals surface area contributed by atoms with Crippen molar-refractivity contribution in [3.63, 3.8) is 0 Å². The Kier molecular flexibility index (Phi) is 4.08. The van der Waals surface area contributed by atoms with E-state index in [1.807, 2.05) is 4.90 Å². The fraction of sp³-hybridized carbons (Fsp3) is 0.800. The zero-order chi connectivity index (χ0) is 11.4. The number of nitrogens with zero attached hydrogens (tertiary/aromatic N) is 2. The molecular formula is C10H18N2O3. The lowest BCUT2D eigenvalue weighted by molar-refractivity contribution is -0.139. The van der Waals surface area contributed by atoms with Crippen molar-refractivity contribution in [1.82, 2.24) is 9.80 Å². The Hall–Kier alpha value is -1.10. The van der Waals surface area contributed by atoms with Crippen LogP contribution in [0.15, 0.2) is 0 Å². The summed E-state index contributed by atoms with van der Waals surface area (Å²) in [5.74, 6) is -0.765. The van der Waals surface area contributed by atoms with Crippen LogP contribution in [0.2, 0.25) is 0 Å². The number of rotatable bonds is 3. The third-order valence-corrected chi connectivity index (χ3v) is 2.88. The molecule has 86 valence electrons. The molecule has 0 saturated carbocycles. The van der Waals surface area contributed by atoms with Gasteiger partial charge in [0, 0.05) is 26.6 Å². The van der Waals surface area contributed by atoms with E-state index in [9.17, 15) is 9.59 Å². The maximum atomic E-state index is 11.2. The minimum absolute atomic E-state index is 0.0391. The van der Waals surface area contributed by atoms with Crippen LogP contribution in [0.3, 0.4) is 0 Å². The number of aliphatic carboxylic acids is 1. The number of carbonyl (C=O) groups is 2. The average Bonchev–Trinajstić information content (AvgIpc) is 2.16. The molecule has 1 aliphatic rings. The molecule has 5 heteroatoms. The van der Waals surface area contributed by atoms with Crippen molar-refractivity contribution in [2.75, 3.05) is 26.7 Å². The molecule has 1 rings (SSSR count). The molecule has 1 atom stereocenters. The van der Waals surface area contributed by atoms with E-state index in [1.165, 1.54) is 6.92 Å². The maximum Gasteiger partial charge on any atom is 0.317 e. The zero-order valence-electron chi connectivity index (χ0n) is 9.27. The number of carbonyl (C=O) groups excluding carboxylic acids is 1. The monoisotopic (exact) mass is 214 g/mol. The first kappa shape index (κ1) is 12.0. The maximum absolute atomic E-state index is 11.2. The highest BCUT2D eigenvalue weighted by Gasteiger charge is 2.25. The van der Waals surface area contributed by atoms with Gasteiger partial charge in [-0.2, -0.15) is 0 Å². The van der Waals surface area contributed by atoms with Crippen LogP contribution in [0, 0.1) is 0 Å². The Balaban J connectivity index is 2.48. The van der Waals surface area contributed by atoms with Crippen LogP contribution < -0.4 is 0 Å². The Morgan fingerprint density at radius 1 is 1.53 bits per heavy atom. The SMILES string of the molecule is CC(=O)N(C)[C@@H]1CCCN(CC(=O)O)C1. The third kappa shape index (κ3) is 3.51. The molecule has 1 amide bonds. The van der Waals surface area contributed by atoms with Crippen LogP contribution in [0.1, 0.15) is 19.8 Å². The molecule has 1 saturated heterocycles. The molecule has 1 aliphatic heterocycles. The molecule has 0 aromatic rings. The van der Waals surface area contributed by atoms with Crippen LogP contribution in [0.5, 0.6) is 0 Å². The predicted molar refractivity (Wildman–Crippen MR) is 55.5 cm³/mol. The number of amides is 1. The standard InChI is InChI=1S/C10H18N2O3/c1-8(13)11(2)9-4-3-5-12(6-9)7-10(14)15/h9H,3-7H2,1-2H3,(H,14,15)/t9-/m1/s1. The number of carboxylic acids is 1. The van der Waals surface area contributed by atoms with Crippen molar-refractivity contribution in [1.29, 1.82) is 0 Å². The van der Waals surface area contributed by atoms with Crippen LogP contribution in [-0.2, 0) is 9.59 Å². The van der Waals surface area contributed by atoms with Gasteiger partial charge in [-0.1, -0.05) is 0 Å². The second-order valence-corrected chi connectivity index (χ2v) is 4.05. The number of carboxylic acid groups (broad SMARTS) is 1. The Morgan fingerprint density at radius 2 is 2.20 bits per heavy atom. The van der Waals surface area contributed by atoms with E-state index < -0.39 is 5.97 Å². The van der Waals surface area contributed by atoms with Crippen LogP contribution >= 0.6 is 0 Å². The van der Waals surface area contributed by atoms with Gasteiger partial charge in [0.05, 0.1) is 6.54 Å². The van der Waals surface area contributed by atoms with E-state index in [0.29, 0.717) is 6.54 Å². The molecule has 1 heterocycles. The van der Waals surface area contributed by atoms with E-state index in [2.05, 4.69) is 0 Å².